The topological polar surface area (TPSA) is 101 Å². The van der Waals surface area contributed by atoms with Crippen LogP contribution in [0, 0.1) is 0 Å². The fourth-order valence-corrected chi connectivity index (χ4v) is 3.97. The Balaban J connectivity index is 1.45. The van der Waals surface area contributed by atoms with Crippen LogP contribution in [0.1, 0.15) is 29.0 Å². The molecule has 30 heavy (non-hydrogen) atoms. The molecule has 2 N–H and O–H groups in total. The molecule has 8 nitrogen and oxygen atoms in total. The molecule has 1 aromatic carbocycles. The zero-order valence-electron chi connectivity index (χ0n) is 16.0. The molecule has 0 spiro atoms. The van der Waals surface area contributed by atoms with Crippen molar-refractivity contribution in [3.05, 3.63) is 58.9 Å². The molecule has 3 rings (SSSR count). The van der Waals surface area contributed by atoms with Crippen LogP contribution >= 0.6 is 24.0 Å². The fourth-order valence-electron chi connectivity index (χ4n) is 2.68. The SMILES string of the molecule is COc1ccccc1C(=O)NNC(=O)CCCN1C(=O)C(=Cc2ccco2)SC1=S. The van der Waals surface area contributed by atoms with Gasteiger partial charge in [-0.2, -0.15) is 0 Å². The van der Waals surface area contributed by atoms with Gasteiger partial charge < -0.3 is 9.15 Å². The van der Waals surface area contributed by atoms with E-state index in [0.717, 1.165) is 0 Å². The number of benzene rings is 1. The molecule has 0 bridgehead atoms. The molecule has 10 heteroatoms. The summed E-state index contributed by atoms with van der Waals surface area (Å²) < 4.78 is 10.8. The van der Waals surface area contributed by atoms with E-state index < -0.39 is 5.91 Å². The molecule has 1 saturated heterocycles. The molecule has 1 aliphatic heterocycles. The first-order chi connectivity index (χ1) is 14.5. The molecule has 1 fully saturated rings. The van der Waals surface area contributed by atoms with Gasteiger partial charge in [-0.1, -0.05) is 36.1 Å². The van der Waals surface area contributed by atoms with Crippen molar-refractivity contribution in [2.45, 2.75) is 12.8 Å². The number of para-hydroxylation sites is 1. The number of carbonyl (C=O) groups is 3. The van der Waals surface area contributed by atoms with Gasteiger partial charge in [0.15, 0.2) is 0 Å². The number of thioether (sulfide) groups is 1. The Morgan fingerprint density at radius 2 is 2.03 bits per heavy atom. The average molecular weight is 446 g/mol. The minimum atomic E-state index is -0.485. The average Bonchev–Trinajstić information content (AvgIpc) is 3.35. The number of methoxy groups -OCH3 is 1. The smallest absolute Gasteiger partial charge is 0.273 e. The van der Waals surface area contributed by atoms with E-state index in [0.29, 0.717) is 39.3 Å². The van der Waals surface area contributed by atoms with Gasteiger partial charge >= 0.3 is 0 Å². The normalized spacial score (nSPS) is 14.8. The molecule has 2 heterocycles. The van der Waals surface area contributed by atoms with Crippen LogP contribution < -0.4 is 15.6 Å². The molecule has 0 unspecified atom stereocenters. The van der Waals surface area contributed by atoms with Gasteiger partial charge in [-0.25, -0.2) is 0 Å². The lowest BCUT2D eigenvalue weighted by molar-refractivity contribution is -0.124. The van der Waals surface area contributed by atoms with E-state index in [4.69, 9.17) is 21.4 Å². The second-order valence-corrected chi connectivity index (χ2v) is 7.83. The first-order valence-electron chi connectivity index (χ1n) is 9.00. The lowest BCUT2D eigenvalue weighted by Gasteiger charge is -2.14. The summed E-state index contributed by atoms with van der Waals surface area (Å²) in [5.41, 5.74) is 5.02. The van der Waals surface area contributed by atoms with Gasteiger partial charge in [-0.3, -0.25) is 30.1 Å². The number of nitrogens with zero attached hydrogens (tertiary/aromatic N) is 1. The van der Waals surface area contributed by atoms with E-state index in [1.54, 1.807) is 42.5 Å². The summed E-state index contributed by atoms with van der Waals surface area (Å²) in [5.74, 6) is -0.108. The molecule has 2 aromatic rings. The molecule has 0 radical (unpaired) electrons. The van der Waals surface area contributed by atoms with Gasteiger partial charge in [-0.05, 0) is 30.7 Å². The predicted molar refractivity (Wildman–Crippen MR) is 116 cm³/mol. The quantitative estimate of drug-likeness (QED) is 0.384. The maximum absolute atomic E-state index is 12.5. The van der Waals surface area contributed by atoms with E-state index >= 15 is 0 Å². The van der Waals surface area contributed by atoms with E-state index in [2.05, 4.69) is 10.9 Å². The van der Waals surface area contributed by atoms with Crippen molar-refractivity contribution in [2.75, 3.05) is 13.7 Å². The van der Waals surface area contributed by atoms with Crippen molar-refractivity contribution < 1.29 is 23.5 Å². The van der Waals surface area contributed by atoms with Crippen LogP contribution in [0.4, 0.5) is 0 Å². The van der Waals surface area contributed by atoms with Gasteiger partial charge in [0.05, 0.1) is 23.8 Å². The number of amides is 3. The lowest BCUT2D eigenvalue weighted by Crippen LogP contribution is -2.42. The number of nitrogens with one attached hydrogen (secondary N) is 2. The molecule has 1 aliphatic rings. The molecule has 0 atom stereocenters. The second-order valence-electron chi connectivity index (χ2n) is 6.15. The minimum absolute atomic E-state index is 0.112. The van der Waals surface area contributed by atoms with Crippen molar-refractivity contribution in [1.82, 2.24) is 15.8 Å². The zero-order valence-corrected chi connectivity index (χ0v) is 17.7. The Morgan fingerprint density at radius 1 is 1.23 bits per heavy atom. The van der Waals surface area contributed by atoms with Crippen molar-refractivity contribution in [1.29, 1.82) is 0 Å². The highest BCUT2D eigenvalue weighted by atomic mass is 32.2. The van der Waals surface area contributed by atoms with Crippen molar-refractivity contribution in [3.8, 4) is 5.75 Å². The third-order valence-corrected chi connectivity index (χ3v) is 5.52. The first-order valence-corrected chi connectivity index (χ1v) is 10.2. The van der Waals surface area contributed by atoms with Gasteiger partial charge in [0.25, 0.3) is 11.8 Å². The third-order valence-electron chi connectivity index (χ3n) is 4.14. The number of rotatable bonds is 7. The summed E-state index contributed by atoms with van der Waals surface area (Å²) in [6.07, 6.45) is 3.66. The Kier molecular flexibility index (Phi) is 7.26. The van der Waals surface area contributed by atoms with Crippen LogP contribution in [0.2, 0.25) is 0 Å². The Bertz CT molecular complexity index is 988. The second kappa shape index (κ2) is 10.1. The summed E-state index contributed by atoms with van der Waals surface area (Å²) in [4.78, 5) is 38.6. The highest BCUT2D eigenvalue weighted by Crippen LogP contribution is 2.32. The molecule has 0 aliphatic carbocycles. The molecule has 3 amide bonds. The van der Waals surface area contributed by atoms with E-state index in [9.17, 15) is 14.4 Å². The number of hydrogen-bond acceptors (Lipinski definition) is 7. The Hall–Kier alpha value is -3.11. The van der Waals surface area contributed by atoms with Gasteiger partial charge in [0, 0.05) is 19.0 Å². The number of hydrogen-bond donors (Lipinski definition) is 2. The summed E-state index contributed by atoms with van der Waals surface area (Å²) in [5, 5.41) is 0. The molecule has 156 valence electrons. The van der Waals surface area contributed by atoms with Crippen LogP contribution in [0.15, 0.2) is 52.0 Å². The van der Waals surface area contributed by atoms with Crippen LogP contribution in [-0.2, 0) is 9.59 Å². The minimum Gasteiger partial charge on any atom is -0.496 e. The van der Waals surface area contributed by atoms with Gasteiger partial charge in [0.2, 0.25) is 5.91 Å². The molecular formula is C20H19N3O5S2. The Labute approximate surface area is 182 Å². The van der Waals surface area contributed by atoms with Crippen LogP contribution in [0.3, 0.4) is 0 Å². The van der Waals surface area contributed by atoms with Gasteiger partial charge in [0.1, 0.15) is 15.8 Å². The fraction of sp³-hybridized carbons (Fsp3) is 0.200. The van der Waals surface area contributed by atoms with E-state index in [1.807, 2.05) is 0 Å². The number of thiocarbonyl (C=S) groups is 1. The highest BCUT2D eigenvalue weighted by Gasteiger charge is 2.31. The monoisotopic (exact) mass is 445 g/mol. The number of hydrazine groups is 1. The molecule has 0 saturated carbocycles. The van der Waals surface area contributed by atoms with Crippen LogP contribution in [-0.4, -0.2) is 40.6 Å². The summed E-state index contributed by atoms with van der Waals surface area (Å²) in [6.45, 7) is 0.300. The van der Waals surface area contributed by atoms with Crippen LogP contribution in [0.5, 0.6) is 5.75 Å². The number of furan rings is 1. The summed E-state index contributed by atoms with van der Waals surface area (Å²) in [6, 6.07) is 10.2. The summed E-state index contributed by atoms with van der Waals surface area (Å²) in [7, 11) is 1.46. The third kappa shape index (κ3) is 5.28. The van der Waals surface area contributed by atoms with E-state index in [-0.39, 0.29) is 18.2 Å². The Morgan fingerprint density at radius 3 is 2.77 bits per heavy atom. The van der Waals surface area contributed by atoms with E-state index in [1.165, 1.54) is 30.0 Å². The maximum Gasteiger partial charge on any atom is 0.273 e. The van der Waals surface area contributed by atoms with Crippen molar-refractivity contribution in [2.24, 2.45) is 0 Å². The number of ether oxygens (including phenoxy) is 1. The highest BCUT2D eigenvalue weighted by molar-refractivity contribution is 8.26. The predicted octanol–water partition coefficient (Wildman–Crippen LogP) is 2.73. The maximum atomic E-state index is 12.5. The van der Waals surface area contributed by atoms with Gasteiger partial charge in [-0.15, -0.1) is 0 Å². The molecular weight excluding hydrogens is 426 g/mol. The number of carbonyl (C=O) groups excluding carboxylic acids is 3. The molecule has 1 aromatic heterocycles. The zero-order chi connectivity index (χ0) is 21.5. The van der Waals surface area contributed by atoms with Crippen molar-refractivity contribution in [3.63, 3.8) is 0 Å². The summed E-state index contributed by atoms with van der Waals surface area (Å²) >= 11 is 6.45. The van der Waals surface area contributed by atoms with Crippen molar-refractivity contribution >= 4 is 52.1 Å². The van der Waals surface area contributed by atoms with Crippen LogP contribution in [0.25, 0.3) is 6.08 Å². The largest absolute Gasteiger partial charge is 0.496 e. The first kappa shape index (κ1) is 21.6. The lowest BCUT2D eigenvalue weighted by atomic mass is 10.2. The standard InChI is InChI=1S/C20H19N3O5S2/c1-27-15-8-3-2-7-14(15)18(25)22-21-17(24)9-4-10-23-19(26)16(30-20(23)29)12-13-6-5-11-28-13/h2-3,5-8,11-12H,4,9-10H2,1H3,(H,21,24)(H,22,25).